The smallest absolute Gasteiger partial charge is 0.161 e. The zero-order valence-electron chi connectivity index (χ0n) is 11.6. The highest BCUT2D eigenvalue weighted by Gasteiger charge is 2.22. The molecule has 1 aliphatic rings. The highest BCUT2D eigenvalue weighted by Crippen LogP contribution is 2.21. The number of nitrogens with zero attached hydrogens (tertiary/aromatic N) is 4. The molecule has 5 heteroatoms. The van der Waals surface area contributed by atoms with Crippen LogP contribution in [0.4, 0.5) is 0 Å². The molecule has 1 aliphatic heterocycles. The van der Waals surface area contributed by atoms with Gasteiger partial charge in [0.2, 0.25) is 0 Å². The quantitative estimate of drug-likeness (QED) is 0.771. The summed E-state index contributed by atoms with van der Waals surface area (Å²) in [5.41, 5.74) is 2.35. The summed E-state index contributed by atoms with van der Waals surface area (Å²) in [6, 6.07) is 2.37. The number of carbonyl (C=O) groups excluding carboxylic acids is 1. The molecular weight excluding hydrogens is 240 g/mol. The molecule has 0 aliphatic carbocycles. The molecule has 0 amide bonds. The number of ketones is 1. The standard InChI is InChI=1S/C14H18N4O/c1-9(2)17-4-5-18-13(8-17)16-12-6-11(10(3)19)7-15-14(12)18/h6-7,9H,4-5,8H2,1-3H3. The molecule has 0 spiro atoms. The zero-order valence-corrected chi connectivity index (χ0v) is 11.6. The fourth-order valence-corrected chi connectivity index (χ4v) is 2.54. The Labute approximate surface area is 112 Å². The summed E-state index contributed by atoms with van der Waals surface area (Å²) in [4.78, 5) is 22.8. The first kappa shape index (κ1) is 12.3. The van der Waals surface area contributed by atoms with Crippen LogP contribution in [-0.2, 0) is 13.1 Å². The van der Waals surface area contributed by atoms with Crippen molar-refractivity contribution >= 4 is 16.9 Å². The largest absolute Gasteiger partial charge is 0.310 e. The minimum absolute atomic E-state index is 0.0316. The molecular formula is C14H18N4O. The van der Waals surface area contributed by atoms with Crippen LogP contribution in [0.15, 0.2) is 12.3 Å². The van der Waals surface area contributed by atoms with E-state index in [0.717, 1.165) is 36.6 Å². The SMILES string of the molecule is CC(=O)c1cnc2c(c1)nc1n2CCN(C(C)C)C1. The van der Waals surface area contributed by atoms with E-state index in [1.54, 1.807) is 13.1 Å². The van der Waals surface area contributed by atoms with Crippen LogP contribution in [-0.4, -0.2) is 37.8 Å². The van der Waals surface area contributed by atoms with Crippen LogP contribution >= 0.6 is 0 Å². The van der Waals surface area contributed by atoms with E-state index in [-0.39, 0.29) is 5.78 Å². The van der Waals surface area contributed by atoms with E-state index < -0.39 is 0 Å². The van der Waals surface area contributed by atoms with Crippen molar-refractivity contribution in [3.8, 4) is 0 Å². The van der Waals surface area contributed by atoms with Gasteiger partial charge in [0, 0.05) is 30.9 Å². The molecule has 0 N–H and O–H groups in total. The molecule has 3 rings (SSSR count). The van der Waals surface area contributed by atoms with Crippen LogP contribution in [0.2, 0.25) is 0 Å². The van der Waals surface area contributed by atoms with Gasteiger partial charge >= 0.3 is 0 Å². The van der Waals surface area contributed by atoms with Gasteiger partial charge in [-0.15, -0.1) is 0 Å². The molecule has 0 unspecified atom stereocenters. The van der Waals surface area contributed by atoms with Crippen LogP contribution in [0.3, 0.4) is 0 Å². The molecule has 0 fully saturated rings. The normalized spacial score (nSPS) is 16.0. The Morgan fingerprint density at radius 3 is 2.84 bits per heavy atom. The average Bonchev–Trinajstić information content (AvgIpc) is 2.74. The van der Waals surface area contributed by atoms with Crippen molar-refractivity contribution in [1.82, 2.24) is 19.4 Å². The first-order valence-corrected chi connectivity index (χ1v) is 6.66. The van der Waals surface area contributed by atoms with Gasteiger partial charge in [-0.3, -0.25) is 9.69 Å². The van der Waals surface area contributed by atoms with Gasteiger partial charge in [0.1, 0.15) is 11.3 Å². The van der Waals surface area contributed by atoms with Crippen LogP contribution in [0, 0.1) is 0 Å². The Bertz CT molecular complexity index is 644. The molecule has 19 heavy (non-hydrogen) atoms. The van der Waals surface area contributed by atoms with E-state index >= 15 is 0 Å². The molecule has 0 radical (unpaired) electrons. The number of aromatic nitrogens is 3. The van der Waals surface area contributed by atoms with Crippen LogP contribution in [0.5, 0.6) is 0 Å². The lowest BCUT2D eigenvalue weighted by atomic mass is 10.2. The minimum Gasteiger partial charge on any atom is -0.310 e. The lowest BCUT2D eigenvalue weighted by Crippen LogP contribution is -2.38. The average molecular weight is 258 g/mol. The van der Waals surface area contributed by atoms with Gasteiger partial charge in [-0.1, -0.05) is 0 Å². The zero-order chi connectivity index (χ0) is 13.6. The summed E-state index contributed by atoms with van der Waals surface area (Å²) in [6.45, 7) is 8.74. The lowest BCUT2D eigenvalue weighted by molar-refractivity contribution is 0.101. The number of fused-ring (bicyclic) bond motifs is 3. The molecule has 5 nitrogen and oxygen atoms in total. The van der Waals surface area contributed by atoms with Gasteiger partial charge in [0.25, 0.3) is 0 Å². The molecule has 2 aromatic heterocycles. The van der Waals surface area contributed by atoms with Crippen molar-refractivity contribution < 1.29 is 4.79 Å². The van der Waals surface area contributed by atoms with Crippen molar-refractivity contribution in [2.45, 2.75) is 39.9 Å². The maximum atomic E-state index is 11.4. The number of Topliss-reactive ketones (excluding diaryl/α,β-unsaturated/α-hetero) is 1. The number of rotatable bonds is 2. The molecule has 0 bridgehead atoms. The number of hydrogen-bond acceptors (Lipinski definition) is 4. The van der Waals surface area contributed by atoms with Gasteiger partial charge in [-0.05, 0) is 26.8 Å². The van der Waals surface area contributed by atoms with Gasteiger partial charge in [-0.25, -0.2) is 9.97 Å². The maximum absolute atomic E-state index is 11.4. The summed E-state index contributed by atoms with van der Waals surface area (Å²) >= 11 is 0. The van der Waals surface area contributed by atoms with Crippen molar-refractivity contribution in [3.05, 3.63) is 23.7 Å². The molecule has 100 valence electrons. The van der Waals surface area contributed by atoms with Gasteiger partial charge in [0.15, 0.2) is 11.4 Å². The summed E-state index contributed by atoms with van der Waals surface area (Å²) in [5.74, 6) is 1.08. The van der Waals surface area contributed by atoms with Crippen molar-refractivity contribution in [3.63, 3.8) is 0 Å². The fraction of sp³-hybridized carbons (Fsp3) is 0.500. The molecule has 0 aromatic carbocycles. The third kappa shape index (κ3) is 2.04. The molecule has 0 saturated heterocycles. The Kier molecular flexibility index (Phi) is 2.86. The summed E-state index contributed by atoms with van der Waals surface area (Å²) in [6.07, 6.45) is 1.65. The predicted molar refractivity (Wildman–Crippen MR) is 73.1 cm³/mol. The van der Waals surface area contributed by atoms with Crippen LogP contribution in [0.25, 0.3) is 11.2 Å². The van der Waals surface area contributed by atoms with E-state index in [1.165, 1.54) is 0 Å². The van der Waals surface area contributed by atoms with Crippen LogP contribution < -0.4 is 0 Å². The Balaban J connectivity index is 2.05. The lowest BCUT2D eigenvalue weighted by Gasteiger charge is -2.30. The highest BCUT2D eigenvalue weighted by molar-refractivity contribution is 5.96. The van der Waals surface area contributed by atoms with Gasteiger partial charge in [0.05, 0.1) is 6.54 Å². The number of pyridine rings is 1. The first-order valence-electron chi connectivity index (χ1n) is 6.66. The summed E-state index contributed by atoms with van der Waals surface area (Å²) < 4.78 is 2.16. The number of carbonyl (C=O) groups is 1. The van der Waals surface area contributed by atoms with E-state index in [1.807, 2.05) is 6.07 Å². The Morgan fingerprint density at radius 1 is 1.37 bits per heavy atom. The van der Waals surface area contributed by atoms with E-state index in [4.69, 9.17) is 0 Å². The first-order chi connectivity index (χ1) is 9.06. The van der Waals surface area contributed by atoms with Crippen LogP contribution in [0.1, 0.15) is 37.0 Å². The third-order valence-corrected chi connectivity index (χ3v) is 3.76. The fourth-order valence-electron chi connectivity index (χ4n) is 2.54. The Hall–Kier alpha value is -1.75. The van der Waals surface area contributed by atoms with Crippen molar-refractivity contribution in [2.75, 3.05) is 6.54 Å². The van der Waals surface area contributed by atoms with Crippen molar-refractivity contribution in [1.29, 1.82) is 0 Å². The monoisotopic (exact) mass is 258 g/mol. The number of hydrogen-bond donors (Lipinski definition) is 0. The topological polar surface area (TPSA) is 51.0 Å². The highest BCUT2D eigenvalue weighted by atomic mass is 16.1. The molecule has 3 heterocycles. The Morgan fingerprint density at radius 2 is 2.16 bits per heavy atom. The second-order valence-corrected chi connectivity index (χ2v) is 5.37. The van der Waals surface area contributed by atoms with E-state index in [2.05, 4.69) is 33.3 Å². The summed E-state index contributed by atoms with van der Waals surface area (Å²) in [7, 11) is 0. The van der Waals surface area contributed by atoms with Gasteiger partial charge in [-0.2, -0.15) is 0 Å². The van der Waals surface area contributed by atoms with E-state index in [9.17, 15) is 4.79 Å². The second kappa shape index (κ2) is 4.42. The minimum atomic E-state index is 0.0316. The third-order valence-electron chi connectivity index (χ3n) is 3.76. The number of imidazole rings is 1. The second-order valence-electron chi connectivity index (χ2n) is 5.37. The molecule has 0 saturated carbocycles. The molecule has 2 aromatic rings. The van der Waals surface area contributed by atoms with E-state index in [0.29, 0.717) is 11.6 Å². The van der Waals surface area contributed by atoms with Crippen molar-refractivity contribution in [2.24, 2.45) is 0 Å². The van der Waals surface area contributed by atoms with Gasteiger partial charge < -0.3 is 4.57 Å². The maximum Gasteiger partial charge on any atom is 0.161 e. The summed E-state index contributed by atoms with van der Waals surface area (Å²) in [5, 5.41) is 0. The predicted octanol–water partition coefficient (Wildman–Crippen LogP) is 1.86. The molecule has 0 atom stereocenters.